The van der Waals surface area contributed by atoms with Crippen LogP contribution in [0.1, 0.15) is 22.3 Å². The van der Waals surface area contributed by atoms with E-state index in [0.29, 0.717) is 11.1 Å². The van der Waals surface area contributed by atoms with E-state index < -0.39 is 34.0 Å². The zero-order valence-electron chi connectivity index (χ0n) is 21.4. The number of hydrogen-bond acceptors (Lipinski definition) is 5. The van der Waals surface area contributed by atoms with Gasteiger partial charge < -0.3 is 15.7 Å². The van der Waals surface area contributed by atoms with Crippen molar-refractivity contribution >= 4 is 38.5 Å². The highest BCUT2D eigenvalue weighted by Gasteiger charge is 2.39. The topological polar surface area (TPSA) is 154 Å². The molecule has 0 saturated carbocycles. The molecule has 1 heterocycles. The summed E-state index contributed by atoms with van der Waals surface area (Å²) in [4.78, 5) is 27.5. The van der Waals surface area contributed by atoms with E-state index in [4.69, 9.17) is 11.1 Å². The number of sulfonamides is 1. The van der Waals surface area contributed by atoms with Crippen LogP contribution in [0.3, 0.4) is 0 Å². The summed E-state index contributed by atoms with van der Waals surface area (Å²) in [5.74, 6) is -1.99. The molecule has 0 aliphatic carbocycles. The molecule has 9 nitrogen and oxygen atoms in total. The van der Waals surface area contributed by atoms with Crippen molar-refractivity contribution in [1.82, 2.24) is 9.62 Å². The standard InChI is InChI=1S/C30H28N4O5S/c31-28(32)23-11-5-6-19(14-23)15-26(33-40(38,39)25-13-12-20-7-1-2-8-21(20)16-25)29(35)34-18-24-10-4-3-9-22(24)17-27(34)30(36)37/h1-14,16,26-27,33H,15,17-18H2,(H3,31,32)(H,36,37)/t26-,27+/m0/s1. The summed E-state index contributed by atoms with van der Waals surface area (Å²) in [6, 6.07) is 23.5. The van der Waals surface area contributed by atoms with Crippen LogP contribution in [0.5, 0.6) is 0 Å². The van der Waals surface area contributed by atoms with Gasteiger partial charge in [-0.15, -0.1) is 0 Å². The van der Waals surface area contributed by atoms with Gasteiger partial charge in [0.2, 0.25) is 15.9 Å². The van der Waals surface area contributed by atoms with Crippen LogP contribution in [-0.4, -0.2) is 48.2 Å². The van der Waals surface area contributed by atoms with Crippen LogP contribution in [0.4, 0.5) is 0 Å². The van der Waals surface area contributed by atoms with E-state index in [1.165, 1.54) is 17.0 Å². The number of fused-ring (bicyclic) bond motifs is 2. The van der Waals surface area contributed by atoms with Gasteiger partial charge in [-0.25, -0.2) is 13.2 Å². The average molecular weight is 557 g/mol. The molecule has 0 radical (unpaired) electrons. The monoisotopic (exact) mass is 556 g/mol. The molecule has 0 aromatic heterocycles. The first kappa shape index (κ1) is 27.0. The van der Waals surface area contributed by atoms with Crippen molar-refractivity contribution in [1.29, 1.82) is 5.41 Å². The molecule has 0 spiro atoms. The lowest BCUT2D eigenvalue weighted by Gasteiger charge is -2.36. The number of nitrogens with two attached hydrogens (primary N) is 1. The lowest BCUT2D eigenvalue weighted by atomic mass is 9.92. The molecule has 2 atom stereocenters. The van der Waals surface area contributed by atoms with Crippen LogP contribution in [-0.2, 0) is 39.0 Å². The third-order valence-electron chi connectivity index (χ3n) is 7.12. The maximum Gasteiger partial charge on any atom is 0.326 e. The first-order valence-corrected chi connectivity index (χ1v) is 14.2. The second-order valence-electron chi connectivity index (χ2n) is 9.79. The Balaban J connectivity index is 1.52. The van der Waals surface area contributed by atoms with E-state index in [1.54, 1.807) is 42.5 Å². The number of amides is 1. The van der Waals surface area contributed by atoms with Gasteiger partial charge in [0.25, 0.3) is 0 Å². The zero-order valence-corrected chi connectivity index (χ0v) is 22.3. The van der Waals surface area contributed by atoms with Crippen molar-refractivity contribution in [2.45, 2.75) is 36.4 Å². The fourth-order valence-electron chi connectivity index (χ4n) is 5.05. The van der Waals surface area contributed by atoms with Crippen molar-refractivity contribution in [3.63, 3.8) is 0 Å². The Labute approximate surface area is 231 Å². The number of aliphatic carboxylic acids is 1. The fraction of sp³-hybridized carbons (Fsp3) is 0.167. The fourth-order valence-corrected chi connectivity index (χ4v) is 6.27. The molecule has 204 valence electrons. The highest BCUT2D eigenvalue weighted by molar-refractivity contribution is 7.89. The largest absolute Gasteiger partial charge is 0.480 e. The molecule has 5 rings (SSSR count). The van der Waals surface area contributed by atoms with E-state index in [1.807, 2.05) is 36.4 Å². The van der Waals surface area contributed by atoms with Gasteiger partial charge in [0.05, 0.1) is 4.90 Å². The van der Waals surface area contributed by atoms with Crippen LogP contribution in [0.15, 0.2) is 95.9 Å². The van der Waals surface area contributed by atoms with Crippen LogP contribution in [0, 0.1) is 5.41 Å². The number of amidine groups is 1. The summed E-state index contributed by atoms with van der Waals surface area (Å²) in [6.07, 6.45) is 0.0401. The summed E-state index contributed by atoms with van der Waals surface area (Å²) < 4.78 is 29.8. The third kappa shape index (κ3) is 5.58. The molecule has 1 aliphatic heterocycles. The quantitative estimate of drug-likeness (QED) is 0.193. The lowest BCUT2D eigenvalue weighted by Crippen LogP contribution is -2.56. The van der Waals surface area contributed by atoms with Crippen LogP contribution in [0.25, 0.3) is 10.8 Å². The molecule has 1 aliphatic rings. The number of carbonyl (C=O) groups excluding carboxylic acids is 1. The molecule has 0 bridgehead atoms. The molecule has 0 unspecified atom stereocenters. The van der Waals surface area contributed by atoms with Crippen LogP contribution < -0.4 is 10.5 Å². The first-order chi connectivity index (χ1) is 19.1. The van der Waals surface area contributed by atoms with Gasteiger partial charge in [0, 0.05) is 18.5 Å². The first-order valence-electron chi connectivity index (χ1n) is 12.7. The maximum absolute atomic E-state index is 14.0. The van der Waals surface area contributed by atoms with Crippen molar-refractivity contribution < 1.29 is 23.1 Å². The van der Waals surface area contributed by atoms with Crippen LogP contribution in [0.2, 0.25) is 0 Å². The minimum Gasteiger partial charge on any atom is -0.480 e. The minimum atomic E-state index is -4.19. The average Bonchev–Trinajstić information content (AvgIpc) is 2.95. The minimum absolute atomic E-state index is 0.0136. The van der Waals surface area contributed by atoms with Gasteiger partial charge in [-0.1, -0.05) is 72.8 Å². The number of hydrogen-bond donors (Lipinski definition) is 4. The molecule has 4 aromatic rings. The van der Waals surface area contributed by atoms with E-state index in [0.717, 1.165) is 21.9 Å². The highest BCUT2D eigenvalue weighted by Crippen LogP contribution is 2.26. The molecule has 1 amide bonds. The Bertz CT molecular complexity index is 1740. The predicted molar refractivity (Wildman–Crippen MR) is 151 cm³/mol. The van der Waals surface area contributed by atoms with E-state index in [2.05, 4.69) is 4.72 Å². The number of nitrogens with one attached hydrogen (secondary N) is 2. The summed E-state index contributed by atoms with van der Waals surface area (Å²) in [6.45, 7) is 0.0354. The highest BCUT2D eigenvalue weighted by atomic mass is 32.2. The SMILES string of the molecule is N=C(N)c1cccc(C[C@H](NS(=O)(=O)c2ccc3ccccc3c2)C(=O)N2Cc3ccccc3C[C@@H]2C(=O)O)c1. The number of carboxylic acids is 1. The van der Waals surface area contributed by atoms with Gasteiger partial charge in [-0.2, -0.15) is 4.72 Å². The molecule has 4 aromatic carbocycles. The molecular weight excluding hydrogens is 528 g/mol. The van der Waals surface area contributed by atoms with Crippen LogP contribution >= 0.6 is 0 Å². The summed E-state index contributed by atoms with van der Waals surface area (Å²) in [7, 11) is -4.19. The van der Waals surface area contributed by atoms with Gasteiger partial charge in [0.15, 0.2) is 0 Å². The van der Waals surface area contributed by atoms with E-state index in [-0.39, 0.29) is 30.1 Å². The Morgan fingerprint density at radius 1 is 0.950 bits per heavy atom. The molecule has 10 heteroatoms. The summed E-state index contributed by atoms with van der Waals surface area (Å²) in [5, 5.41) is 19.3. The number of carboxylic acid groups (broad SMARTS) is 1. The summed E-state index contributed by atoms with van der Waals surface area (Å²) >= 11 is 0. The number of nitrogen functional groups attached to an aromatic ring is 1. The molecule has 0 fully saturated rings. The van der Waals surface area contributed by atoms with E-state index in [9.17, 15) is 23.1 Å². The second kappa shape index (κ2) is 10.9. The number of carbonyl (C=O) groups is 2. The molecule has 5 N–H and O–H groups in total. The zero-order chi connectivity index (χ0) is 28.4. The molecule has 40 heavy (non-hydrogen) atoms. The molecular formula is C30H28N4O5S. The van der Waals surface area contributed by atoms with Gasteiger partial charge >= 0.3 is 5.97 Å². The Morgan fingerprint density at radius 3 is 2.38 bits per heavy atom. The normalized spacial score (nSPS) is 15.8. The van der Waals surface area contributed by atoms with Crippen molar-refractivity contribution in [3.05, 3.63) is 113 Å². The second-order valence-corrected chi connectivity index (χ2v) is 11.5. The van der Waals surface area contributed by atoms with Crippen molar-refractivity contribution in [2.75, 3.05) is 0 Å². The molecule has 0 saturated heterocycles. The van der Waals surface area contributed by atoms with Crippen molar-refractivity contribution in [3.8, 4) is 0 Å². The number of benzene rings is 4. The van der Waals surface area contributed by atoms with E-state index >= 15 is 0 Å². The Morgan fingerprint density at radius 2 is 1.65 bits per heavy atom. The van der Waals surface area contributed by atoms with Gasteiger partial charge in [-0.05, 0) is 52.1 Å². The summed E-state index contributed by atoms with van der Waals surface area (Å²) in [5.41, 5.74) is 8.28. The maximum atomic E-state index is 14.0. The van der Waals surface area contributed by atoms with Crippen molar-refractivity contribution in [2.24, 2.45) is 5.73 Å². The predicted octanol–water partition coefficient (Wildman–Crippen LogP) is 3.05. The van der Waals surface area contributed by atoms with Gasteiger partial charge in [0.1, 0.15) is 17.9 Å². The third-order valence-corrected chi connectivity index (χ3v) is 8.59. The Hall–Kier alpha value is -4.54. The smallest absolute Gasteiger partial charge is 0.326 e. The van der Waals surface area contributed by atoms with Gasteiger partial charge in [-0.3, -0.25) is 10.2 Å². The Kier molecular flexibility index (Phi) is 7.38. The number of rotatable bonds is 8. The number of nitrogens with zero attached hydrogens (tertiary/aromatic N) is 1. The lowest BCUT2D eigenvalue weighted by molar-refractivity contribution is -0.152.